The van der Waals surface area contributed by atoms with Crippen molar-refractivity contribution in [2.75, 3.05) is 6.54 Å². The van der Waals surface area contributed by atoms with Gasteiger partial charge in [0.1, 0.15) is 0 Å². The van der Waals surface area contributed by atoms with E-state index in [1.165, 1.54) is 31.2 Å². The highest BCUT2D eigenvalue weighted by Gasteiger charge is 2.14. The van der Waals surface area contributed by atoms with Crippen molar-refractivity contribution >= 4 is 15.8 Å². The molecule has 134 valence electrons. The third kappa shape index (κ3) is 4.22. The van der Waals surface area contributed by atoms with E-state index in [0.29, 0.717) is 12.1 Å². The first kappa shape index (κ1) is 18.0. The molecule has 1 aromatic carbocycles. The molecule has 7 nitrogen and oxygen atoms in total. The number of aromatic nitrogens is 3. The lowest BCUT2D eigenvalue weighted by atomic mass is 10.2. The number of ketones is 1. The van der Waals surface area contributed by atoms with Gasteiger partial charge in [0.2, 0.25) is 10.0 Å². The van der Waals surface area contributed by atoms with Crippen LogP contribution < -0.4 is 4.72 Å². The molecular formula is C18H18N4O3S. The molecule has 3 aromatic rings. The number of pyridine rings is 1. The topological polar surface area (TPSA) is 94.0 Å². The van der Waals surface area contributed by atoms with Crippen molar-refractivity contribution in [3.63, 3.8) is 0 Å². The normalized spacial score (nSPS) is 11.4. The van der Waals surface area contributed by atoms with Gasteiger partial charge < -0.3 is 0 Å². The fraction of sp³-hybridized carbons (Fsp3) is 0.167. The monoisotopic (exact) mass is 370 g/mol. The summed E-state index contributed by atoms with van der Waals surface area (Å²) < 4.78 is 28.8. The zero-order valence-electron chi connectivity index (χ0n) is 14.2. The van der Waals surface area contributed by atoms with Crippen LogP contribution >= 0.6 is 0 Å². The van der Waals surface area contributed by atoms with Gasteiger partial charge in [-0.25, -0.2) is 13.1 Å². The number of carbonyl (C=O) groups is 1. The van der Waals surface area contributed by atoms with Crippen molar-refractivity contribution < 1.29 is 13.2 Å². The number of carbonyl (C=O) groups excluding carboxylic acids is 1. The van der Waals surface area contributed by atoms with Crippen molar-refractivity contribution in [3.8, 4) is 11.3 Å². The molecule has 0 atom stereocenters. The van der Waals surface area contributed by atoms with E-state index in [4.69, 9.17) is 0 Å². The van der Waals surface area contributed by atoms with E-state index >= 15 is 0 Å². The number of Topliss-reactive ketones (excluding diaryl/α,β-unsaturated/α-hetero) is 1. The molecule has 0 aliphatic carbocycles. The van der Waals surface area contributed by atoms with Crippen molar-refractivity contribution in [1.29, 1.82) is 0 Å². The molecular weight excluding hydrogens is 352 g/mol. The lowest BCUT2D eigenvalue weighted by Gasteiger charge is -2.07. The van der Waals surface area contributed by atoms with Crippen molar-refractivity contribution in [2.45, 2.75) is 18.4 Å². The average molecular weight is 370 g/mol. The highest BCUT2D eigenvalue weighted by Crippen LogP contribution is 2.15. The Morgan fingerprint density at radius 1 is 1.08 bits per heavy atom. The van der Waals surface area contributed by atoms with Crippen LogP contribution in [0.15, 0.2) is 66.0 Å². The third-order valence-electron chi connectivity index (χ3n) is 3.82. The SMILES string of the molecule is CC(=O)c1ccc(S(=O)(=O)NCCn2ccc(-c3ccncc3)n2)cc1. The van der Waals surface area contributed by atoms with Gasteiger partial charge in [-0.1, -0.05) is 12.1 Å². The third-order valence-corrected chi connectivity index (χ3v) is 5.30. The average Bonchev–Trinajstić information content (AvgIpc) is 3.11. The summed E-state index contributed by atoms with van der Waals surface area (Å²) >= 11 is 0. The molecule has 8 heteroatoms. The number of hydrogen-bond donors (Lipinski definition) is 1. The smallest absolute Gasteiger partial charge is 0.240 e. The van der Waals surface area contributed by atoms with Crippen molar-refractivity contribution in [1.82, 2.24) is 19.5 Å². The summed E-state index contributed by atoms with van der Waals surface area (Å²) in [6, 6.07) is 11.4. The second-order valence-corrected chi connectivity index (χ2v) is 7.45. The predicted molar refractivity (Wildman–Crippen MR) is 97.1 cm³/mol. The maximum Gasteiger partial charge on any atom is 0.240 e. The van der Waals surface area contributed by atoms with Gasteiger partial charge >= 0.3 is 0 Å². The van der Waals surface area contributed by atoms with Gasteiger partial charge in [-0.2, -0.15) is 5.10 Å². The molecule has 0 amide bonds. The van der Waals surface area contributed by atoms with Crippen LogP contribution in [0.25, 0.3) is 11.3 Å². The molecule has 2 heterocycles. The fourth-order valence-electron chi connectivity index (χ4n) is 2.41. The minimum atomic E-state index is -3.63. The highest BCUT2D eigenvalue weighted by atomic mass is 32.2. The Labute approximate surface area is 151 Å². The Morgan fingerprint density at radius 2 is 1.77 bits per heavy atom. The second-order valence-electron chi connectivity index (χ2n) is 5.68. The summed E-state index contributed by atoms with van der Waals surface area (Å²) in [6.45, 7) is 2.04. The summed E-state index contributed by atoms with van der Waals surface area (Å²) in [7, 11) is -3.63. The summed E-state index contributed by atoms with van der Waals surface area (Å²) in [6.07, 6.45) is 5.19. The first-order chi connectivity index (χ1) is 12.5. The fourth-order valence-corrected chi connectivity index (χ4v) is 3.43. The van der Waals surface area contributed by atoms with E-state index < -0.39 is 10.0 Å². The Balaban J connectivity index is 1.60. The van der Waals surface area contributed by atoms with E-state index in [9.17, 15) is 13.2 Å². The number of rotatable bonds is 7. The van der Waals surface area contributed by atoms with Gasteiger partial charge in [-0.15, -0.1) is 0 Å². The Morgan fingerprint density at radius 3 is 2.42 bits per heavy atom. The number of benzene rings is 1. The number of hydrogen-bond acceptors (Lipinski definition) is 5. The Hall–Kier alpha value is -2.84. The standard InChI is InChI=1S/C18H18N4O3S/c1-14(23)15-2-4-17(5-3-15)26(24,25)20-11-13-22-12-8-18(21-22)16-6-9-19-10-7-16/h2-10,12,20H,11,13H2,1H3. The molecule has 0 saturated heterocycles. The number of sulfonamides is 1. The van der Waals surface area contributed by atoms with Gasteiger partial charge in [-0.3, -0.25) is 14.5 Å². The zero-order valence-corrected chi connectivity index (χ0v) is 15.0. The van der Waals surface area contributed by atoms with Crippen LogP contribution in [-0.4, -0.2) is 35.5 Å². The molecule has 26 heavy (non-hydrogen) atoms. The van der Waals surface area contributed by atoms with Crippen LogP contribution in [0.1, 0.15) is 17.3 Å². The van der Waals surface area contributed by atoms with E-state index in [0.717, 1.165) is 11.3 Å². The molecule has 0 unspecified atom stereocenters. The lowest BCUT2D eigenvalue weighted by Crippen LogP contribution is -2.27. The van der Waals surface area contributed by atoms with E-state index in [2.05, 4.69) is 14.8 Å². The van der Waals surface area contributed by atoms with Crippen LogP contribution in [0.3, 0.4) is 0 Å². The quantitative estimate of drug-likeness (QED) is 0.643. The van der Waals surface area contributed by atoms with Crippen LogP contribution in [0, 0.1) is 0 Å². The molecule has 0 bridgehead atoms. The molecule has 3 rings (SSSR count). The van der Waals surface area contributed by atoms with Crippen LogP contribution in [-0.2, 0) is 16.6 Å². The van der Waals surface area contributed by atoms with Crippen LogP contribution in [0.2, 0.25) is 0 Å². The molecule has 1 N–H and O–H groups in total. The first-order valence-electron chi connectivity index (χ1n) is 8.00. The molecule has 0 fully saturated rings. The number of nitrogens with one attached hydrogen (secondary N) is 1. The second kappa shape index (κ2) is 7.59. The highest BCUT2D eigenvalue weighted by molar-refractivity contribution is 7.89. The van der Waals surface area contributed by atoms with Crippen LogP contribution in [0.4, 0.5) is 0 Å². The zero-order chi connectivity index (χ0) is 18.6. The predicted octanol–water partition coefficient (Wildman–Crippen LogP) is 2.13. The van der Waals surface area contributed by atoms with E-state index in [1.807, 2.05) is 18.2 Å². The summed E-state index contributed by atoms with van der Waals surface area (Å²) in [4.78, 5) is 15.4. The lowest BCUT2D eigenvalue weighted by molar-refractivity contribution is 0.101. The van der Waals surface area contributed by atoms with Gasteiger partial charge in [-0.05, 0) is 37.3 Å². The maximum absolute atomic E-state index is 12.3. The summed E-state index contributed by atoms with van der Waals surface area (Å²) in [5.41, 5.74) is 2.23. The van der Waals surface area contributed by atoms with E-state index in [1.54, 1.807) is 23.3 Å². The van der Waals surface area contributed by atoms with Crippen molar-refractivity contribution in [2.24, 2.45) is 0 Å². The minimum absolute atomic E-state index is 0.106. The first-order valence-corrected chi connectivity index (χ1v) is 9.48. The Bertz CT molecular complexity index is 996. The Kier molecular flexibility index (Phi) is 5.24. The van der Waals surface area contributed by atoms with Crippen molar-refractivity contribution in [3.05, 3.63) is 66.6 Å². The summed E-state index contributed by atoms with van der Waals surface area (Å²) in [5.74, 6) is -0.106. The van der Waals surface area contributed by atoms with Crippen LogP contribution in [0.5, 0.6) is 0 Å². The molecule has 2 aromatic heterocycles. The largest absolute Gasteiger partial charge is 0.295 e. The molecule has 0 saturated carbocycles. The van der Waals surface area contributed by atoms with E-state index in [-0.39, 0.29) is 17.2 Å². The maximum atomic E-state index is 12.3. The molecule has 0 aliphatic rings. The summed E-state index contributed by atoms with van der Waals surface area (Å²) in [5, 5.41) is 4.42. The van der Waals surface area contributed by atoms with Gasteiger partial charge in [0.25, 0.3) is 0 Å². The number of nitrogens with zero attached hydrogens (tertiary/aromatic N) is 3. The van der Waals surface area contributed by atoms with Gasteiger partial charge in [0.05, 0.1) is 17.1 Å². The van der Waals surface area contributed by atoms with Gasteiger partial charge in [0.15, 0.2) is 5.78 Å². The molecule has 0 spiro atoms. The molecule has 0 radical (unpaired) electrons. The molecule has 0 aliphatic heterocycles. The van der Waals surface area contributed by atoms with Gasteiger partial charge in [0, 0.05) is 36.3 Å². The minimum Gasteiger partial charge on any atom is -0.295 e.